The van der Waals surface area contributed by atoms with Gasteiger partial charge in [-0.1, -0.05) is 48.0 Å². The second-order valence-corrected chi connectivity index (χ2v) is 4.77. The lowest BCUT2D eigenvalue weighted by molar-refractivity contribution is 0.102. The van der Waals surface area contributed by atoms with Crippen LogP contribution in [0, 0.1) is 0 Å². The Hall–Kier alpha value is -2.66. The summed E-state index contributed by atoms with van der Waals surface area (Å²) >= 11 is 5.86. The smallest absolute Gasteiger partial charge is 0.258 e. The Morgan fingerprint density at radius 3 is 2.67 bits per heavy atom. The Labute approximate surface area is 126 Å². The topological polar surface area (TPSA) is 70.7 Å². The predicted molar refractivity (Wildman–Crippen MR) is 81.2 cm³/mol. The highest BCUT2D eigenvalue weighted by molar-refractivity contribution is 6.31. The first-order valence-corrected chi connectivity index (χ1v) is 6.65. The number of amides is 1. The van der Waals surface area contributed by atoms with E-state index < -0.39 is 0 Å². The van der Waals surface area contributed by atoms with Crippen molar-refractivity contribution in [2.24, 2.45) is 0 Å². The lowest BCUT2D eigenvalue weighted by Gasteiger charge is -2.00. The molecule has 0 fully saturated rings. The monoisotopic (exact) mass is 298 g/mol. The van der Waals surface area contributed by atoms with Gasteiger partial charge in [-0.25, -0.2) is 0 Å². The third-order valence-electron chi connectivity index (χ3n) is 2.84. The molecule has 1 heterocycles. The van der Waals surface area contributed by atoms with Gasteiger partial charge in [0.1, 0.15) is 0 Å². The maximum Gasteiger partial charge on any atom is 0.258 e. The molecular formula is C15H11ClN4O. The minimum absolute atomic E-state index is 0.221. The number of H-pyrrole nitrogens is 1. The Kier molecular flexibility index (Phi) is 3.66. The average Bonchev–Trinajstić information content (AvgIpc) is 2.97. The number of carbonyl (C=O) groups is 1. The van der Waals surface area contributed by atoms with Crippen LogP contribution in [-0.2, 0) is 0 Å². The van der Waals surface area contributed by atoms with Crippen LogP contribution >= 0.6 is 11.6 Å². The SMILES string of the molecule is O=C(Nc1n[nH]c(-c2ccccc2)n1)c1cccc(Cl)c1. The zero-order chi connectivity index (χ0) is 14.7. The van der Waals surface area contributed by atoms with E-state index in [4.69, 9.17) is 11.6 Å². The van der Waals surface area contributed by atoms with Crippen LogP contribution in [0.25, 0.3) is 11.4 Å². The fourth-order valence-electron chi connectivity index (χ4n) is 1.85. The van der Waals surface area contributed by atoms with Gasteiger partial charge in [0.15, 0.2) is 5.82 Å². The lowest BCUT2D eigenvalue weighted by Crippen LogP contribution is -2.12. The summed E-state index contributed by atoms with van der Waals surface area (Å²) in [6.07, 6.45) is 0. The number of carbonyl (C=O) groups excluding carboxylic acids is 1. The van der Waals surface area contributed by atoms with Crippen LogP contribution in [0.15, 0.2) is 54.6 Å². The van der Waals surface area contributed by atoms with Crippen molar-refractivity contribution in [2.45, 2.75) is 0 Å². The van der Waals surface area contributed by atoms with Crippen LogP contribution in [0.3, 0.4) is 0 Å². The van der Waals surface area contributed by atoms with Gasteiger partial charge in [0.05, 0.1) is 0 Å². The fourth-order valence-corrected chi connectivity index (χ4v) is 2.04. The van der Waals surface area contributed by atoms with E-state index in [0.717, 1.165) is 5.56 Å². The molecule has 0 radical (unpaired) electrons. The van der Waals surface area contributed by atoms with Crippen molar-refractivity contribution in [1.82, 2.24) is 15.2 Å². The van der Waals surface area contributed by atoms with Crippen LogP contribution in [0.2, 0.25) is 5.02 Å². The third-order valence-corrected chi connectivity index (χ3v) is 3.08. The van der Waals surface area contributed by atoms with E-state index in [1.54, 1.807) is 24.3 Å². The summed E-state index contributed by atoms with van der Waals surface area (Å²) in [5.74, 6) is 0.506. The number of nitrogens with one attached hydrogen (secondary N) is 2. The van der Waals surface area contributed by atoms with Gasteiger partial charge in [0.2, 0.25) is 5.95 Å². The molecule has 6 heteroatoms. The second kappa shape index (κ2) is 5.76. The van der Waals surface area contributed by atoms with Gasteiger partial charge in [-0.05, 0) is 18.2 Å². The zero-order valence-corrected chi connectivity index (χ0v) is 11.6. The average molecular weight is 299 g/mol. The van der Waals surface area contributed by atoms with Crippen molar-refractivity contribution in [1.29, 1.82) is 0 Å². The highest BCUT2D eigenvalue weighted by atomic mass is 35.5. The number of hydrogen-bond acceptors (Lipinski definition) is 3. The minimum atomic E-state index is -0.309. The molecule has 0 saturated heterocycles. The van der Waals surface area contributed by atoms with E-state index in [9.17, 15) is 4.79 Å². The molecule has 104 valence electrons. The first-order chi connectivity index (χ1) is 10.2. The summed E-state index contributed by atoms with van der Waals surface area (Å²) in [7, 11) is 0. The van der Waals surface area contributed by atoms with Crippen LogP contribution in [0.1, 0.15) is 10.4 Å². The molecule has 0 atom stereocenters. The van der Waals surface area contributed by atoms with E-state index in [2.05, 4.69) is 20.5 Å². The summed E-state index contributed by atoms with van der Waals surface area (Å²) in [6.45, 7) is 0. The molecule has 1 amide bonds. The molecule has 0 aliphatic rings. The van der Waals surface area contributed by atoms with Gasteiger partial charge in [-0.3, -0.25) is 15.2 Å². The molecule has 0 unspecified atom stereocenters. The molecule has 3 aromatic rings. The number of nitrogens with zero attached hydrogens (tertiary/aromatic N) is 2. The van der Waals surface area contributed by atoms with Crippen LogP contribution < -0.4 is 5.32 Å². The molecular weight excluding hydrogens is 288 g/mol. The standard InChI is InChI=1S/C15H11ClN4O/c16-12-8-4-7-11(9-12)14(21)18-15-17-13(19-20-15)10-5-2-1-3-6-10/h1-9H,(H2,17,18,19,20,21). The van der Waals surface area contributed by atoms with E-state index in [1.165, 1.54) is 0 Å². The van der Waals surface area contributed by atoms with Gasteiger partial charge in [0.25, 0.3) is 5.91 Å². The summed E-state index contributed by atoms with van der Waals surface area (Å²) < 4.78 is 0. The highest BCUT2D eigenvalue weighted by Gasteiger charge is 2.10. The summed E-state index contributed by atoms with van der Waals surface area (Å²) in [5, 5.41) is 9.89. The molecule has 0 saturated carbocycles. The summed E-state index contributed by atoms with van der Waals surface area (Å²) in [5.41, 5.74) is 1.35. The van der Waals surface area contributed by atoms with Crippen molar-refractivity contribution in [3.63, 3.8) is 0 Å². The van der Waals surface area contributed by atoms with Gasteiger partial charge < -0.3 is 0 Å². The van der Waals surface area contributed by atoms with Gasteiger partial charge in [0, 0.05) is 16.1 Å². The van der Waals surface area contributed by atoms with Crippen molar-refractivity contribution < 1.29 is 4.79 Å². The fraction of sp³-hybridized carbons (Fsp3) is 0. The number of aromatic nitrogens is 3. The van der Waals surface area contributed by atoms with Gasteiger partial charge in [-0.15, -0.1) is 5.10 Å². The number of hydrogen-bond donors (Lipinski definition) is 2. The van der Waals surface area contributed by atoms with Gasteiger partial charge >= 0.3 is 0 Å². The van der Waals surface area contributed by atoms with E-state index in [0.29, 0.717) is 16.4 Å². The second-order valence-electron chi connectivity index (χ2n) is 4.34. The van der Waals surface area contributed by atoms with Crippen LogP contribution in [0.5, 0.6) is 0 Å². The van der Waals surface area contributed by atoms with Crippen molar-refractivity contribution in [3.05, 3.63) is 65.2 Å². The Bertz CT molecular complexity index is 770. The molecule has 5 nitrogen and oxygen atoms in total. The molecule has 0 spiro atoms. The van der Waals surface area contributed by atoms with E-state index in [-0.39, 0.29) is 11.9 Å². The zero-order valence-electron chi connectivity index (χ0n) is 10.9. The van der Waals surface area contributed by atoms with Crippen LogP contribution in [0.4, 0.5) is 5.95 Å². The molecule has 0 bridgehead atoms. The molecule has 2 aromatic carbocycles. The Morgan fingerprint density at radius 2 is 1.90 bits per heavy atom. The Balaban J connectivity index is 1.77. The minimum Gasteiger partial charge on any atom is -0.289 e. The largest absolute Gasteiger partial charge is 0.289 e. The first-order valence-electron chi connectivity index (χ1n) is 6.27. The molecule has 0 aliphatic carbocycles. The first kappa shape index (κ1) is 13.3. The van der Waals surface area contributed by atoms with Crippen molar-refractivity contribution in [2.75, 3.05) is 5.32 Å². The maximum absolute atomic E-state index is 12.0. The Morgan fingerprint density at radius 1 is 1.10 bits per heavy atom. The highest BCUT2D eigenvalue weighted by Crippen LogP contribution is 2.16. The summed E-state index contributed by atoms with van der Waals surface area (Å²) in [4.78, 5) is 16.3. The van der Waals surface area contributed by atoms with E-state index in [1.807, 2.05) is 30.3 Å². The molecule has 21 heavy (non-hydrogen) atoms. The molecule has 1 aromatic heterocycles. The number of benzene rings is 2. The maximum atomic E-state index is 12.0. The number of anilines is 1. The molecule has 0 aliphatic heterocycles. The number of aromatic amines is 1. The molecule has 2 N–H and O–H groups in total. The normalized spacial score (nSPS) is 10.3. The van der Waals surface area contributed by atoms with Crippen molar-refractivity contribution in [3.8, 4) is 11.4 Å². The number of halogens is 1. The van der Waals surface area contributed by atoms with Crippen LogP contribution in [-0.4, -0.2) is 21.1 Å². The number of rotatable bonds is 3. The quantitative estimate of drug-likeness (QED) is 0.778. The third kappa shape index (κ3) is 3.09. The predicted octanol–water partition coefficient (Wildman–Crippen LogP) is 3.38. The lowest BCUT2D eigenvalue weighted by atomic mass is 10.2. The summed E-state index contributed by atoms with van der Waals surface area (Å²) in [6, 6.07) is 16.2. The van der Waals surface area contributed by atoms with Gasteiger partial charge in [-0.2, -0.15) is 4.98 Å². The van der Waals surface area contributed by atoms with Crippen molar-refractivity contribution >= 4 is 23.5 Å². The van der Waals surface area contributed by atoms with E-state index >= 15 is 0 Å². The molecule has 3 rings (SSSR count).